The van der Waals surface area contributed by atoms with Crippen molar-refractivity contribution in [2.45, 2.75) is 133 Å². The number of hydrogen-bond acceptors (Lipinski definition) is 11. The van der Waals surface area contributed by atoms with Gasteiger partial charge in [-0.15, -0.1) is 0 Å². The molecule has 0 spiro atoms. The summed E-state index contributed by atoms with van der Waals surface area (Å²) in [5, 5.41) is 70.1. The fourth-order valence-corrected chi connectivity index (χ4v) is 4.48. The molecule has 2 rings (SSSR count). The summed E-state index contributed by atoms with van der Waals surface area (Å²) in [5.74, 6) is 0. The molecular weight excluding hydrogens is 464 g/mol. The molecule has 4 unspecified atom stereocenters. The number of ether oxygens (including phenoxy) is 4. The van der Waals surface area contributed by atoms with Crippen molar-refractivity contribution in [2.75, 3.05) is 19.8 Å². The quantitative estimate of drug-likeness (QED) is 0.134. The lowest BCUT2D eigenvalue weighted by Crippen LogP contribution is -2.64. The van der Waals surface area contributed by atoms with E-state index in [1.54, 1.807) is 0 Å². The molecule has 10 atom stereocenters. The van der Waals surface area contributed by atoms with Gasteiger partial charge in [0.05, 0.1) is 13.2 Å². The van der Waals surface area contributed by atoms with Gasteiger partial charge in [-0.1, -0.05) is 64.7 Å². The normalized spacial score (nSPS) is 38.1. The summed E-state index contributed by atoms with van der Waals surface area (Å²) >= 11 is 0. The highest BCUT2D eigenvalue weighted by molar-refractivity contribution is 4.94. The van der Waals surface area contributed by atoms with Crippen molar-refractivity contribution in [1.82, 2.24) is 0 Å². The molecule has 11 nitrogen and oxygen atoms in total. The van der Waals surface area contributed by atoms with E-state index in [1.807, 2.05) is 0 Å². The number of unbranched alkanes of at least 4 members (excludes halogenated alkanes) is 9. The third-order valence-corrected chi connectivity index (χ3v) is 6.74. The van der Waals surface area contributed by atoms with Crippen LogP contribution >= 0.6 is 0 Å². The lowest BCUT2D eigenvalue weighted by Gasteiger charge is -2.45. The Hall–Kier alpha value is -0.440. The number of hydrogen-bond donors (Lipinski definition) is 7. The minimum atomic E-state index is -1.69. The Balaban J connectivity index is 1.74. The largest absolute Gasteiger partial charge is 0.394 e. The summed E-state index contributed by atoms with van der Waals surface area (Å²) in [7, 11) is 0. The first kappa shape index (κ1) is 30.8. The van der Waals surface area contributed by atoms with Crippen LogP contribution < -0.4 is 0 Å². The predicted molar refractivity (Wildman–Crippen MR) is 124 cm³/mol. The number of aliphatic hydroxyl groups excluding tert-OH is 7. The Labute approximate surface area is 207 Å². The molecule has 2 heterocycles. The smallest absolute Gasteiger partial charge is 0.187 e. The van der Waals surface area contributed by atoms with E-state index in [4.69, 9.17) is 18.9 Å². The Morgan fingerprint density at radius 1 is 0.571 bits per heavy atom. The van der Waals surface area contributed by atoms with Gasteiger partial charge in [0.15, 0.2) is 12.6 Å². The van der Waals surface area contributed by atoms with E-state index in [0.717, 1.165) is 19.3 Å². The average molecular weight is 511 g/mol. The molecule has 11 heteroatoms. The van der Waals surface area contributed by atoms with Crippen molar-refractivity contribution < 1.29 is 54.7 Å². The molecule has 2 saturated heterocycles. The molecule has 35 heavy (non-hydrogen) atoms. The second-order valence-corrected chi connectivity index (χ2v) is 9.56. The zero-order valence-electron chi connectivity index (χ0n) is 20.7. The summed E-state index contributed by atoms with van der Waals surface area (Å²) in [5.41, 5.74) is 0. The first-order valence-electron chi connectivity index (χ1n) is 13.1. The maximum Gasteiger partial charge on any atom is 0.187 e. The van der Waals surface area contributed by atoms with Crippen LogP contribution in [0.4, 0.5) is 0 Å². The van der Waals surface area contributed by atoms with E-state index in [2.05, 4.69) is 6.92 Å². The van der Waals surface area contributed by atoms with Crippen LogP contribution in [0.2, 0.25) is 0 Å². The summed E-state index contributed by atoms with van der Waals surface area (Å²) in [6.07, 6.45) is -2.63. The highest BCUT2D eigenvalue weighted by Gasteiger charge is 2.50. The van der Waals surface area contributed by atoms with E-state index < -0.39 is 74.6 Å². The lowest BCUT2D eigenvalue weighted by atomic mass is 9.97. The summed E-state index contributed by atoms with van der Waals surface area (Å²) < 4.78 is 22.0. The van der Waals surface area contributed by atoms with Gasteiger partial charge in [0, 0.05) is 6.61 Å². The van der Waals surface area contributed by atoms with Gasteiger partial charge in [-0.05, 0) is 6.42 Å². The van der Waals surface area contributed by atoms with Crippen molar-refractivity contribution in [2.24, 2.45) is 0 Å². The maximum absolute atomic E-state index is 10.6. The third kappa shape index (κ3) is 9.11. The fraction of sp³-hybridized carbons (Fsp3) is 1.00. The van der Waals surface area contributed by atoms with Gasteiger partial charge in [0.25, 0.3) is 0 Å². The van der Waals surface area contributed by atoms with E-state index in [-0.39, 0.29) is 0 Å². The van der Waals surface area contributed by atoms with Gasteiger partial charge < -0.3 is 54.7 Å². The van der Waals surface area contributed by atoms with Crippen LogP contribution in [-0.2, 0) is 18.9 Å². The van der Waals surface area contributed by atoms with E-state index in [9.17, 15) is 35.7 Å². The molecule has 2 aliphatic rings. The molecule has 208 valence electrons. The van der Waals surface area contributed by atoms with Crippen LogP contribution in [0.3, 0.4) is 0 Å². The van der Waals surface area contributed by atoms with Crippen LogP contribution in [0.25, 0.3) is 0 Å². The molecule has 0 aromatic rings. The van der Waals surface area contributed by atoms with E-state index >= 15 is 0 Å². The first-order chi connectivity index (χ1) is 16.8. The minimum Gasteiger partial charge on any atom is -0.394 e. The Kier molecular flexibility index (Phi) is 14.4. The third-order valence-electron chi connectivity index (χ3n) is 6.74. The summed E-state index contributed by atoms with van der Waals surface area (Å²) in [4.78, 5) is 0. The lowest BCUT2D eigenvalue weighted by molar-refractivity contribution is -0.359. The fourth-order valence-electron chi connectivity index (χ4n) is 4.48. The molecular formula is C24H46O11. The molecule has 0 saturated carbocycles. The van der Waals surface area contributed by atoms with Gasteiger partial charge in [-0.25, -0.2) is 0 Å². The summed E-state index contributed by atoms with van der Waals surface area (Å²) in [6.45, 7) is 1.31. The average Bonchev–Trinajstić information content (AvgIpc) is 2.86. The van der Waals surface area contributed by atoms with Gasteiger partial charge in [0.2, 0.25) is 0 Å². The monoisotopic (exact) mass is 510 g/mol. The van der Waals surface area contributed by atoms with Gasteiger partial charge in [0.1, 0.15) is 48.8 Å². The zero-order valence-corrected chi connectivity index (χ0v) is 20.7. The van der Waals surface area contributed by atoms with E-state index in [1.165, 1.54) is 44.9 Å². The SMILES string of the molecule is CCCCCCCCCCCCO[C@@H]1OC(CO)[C@@H](O[C@H]2OC(CO)[C@@H](O)[C@@H](O)C2O)[C@@H](O)C1O. The van der Waals surface area contributed by atoms with Crippen molar-refractivity contribution in [1.29, 1.82) is 0 Å². The molecule has 0 aromatic heterocycles. The minimum absolute atomic E-state index is 0.321. The summed E-state index contributed by atoms with van der Waals surface area (Å²) in [6, 6.07) is 0. The van der Waals surface area contributed by atoms with Crippen molar-refractivity contribution in [3.05, 3.63) is 0 Å². The Morgan fingerprint density at radius 3 is 1.66 bits per heavy atom. The molecule has 0 bridgehead atoms. The van der Waals surface area contributed by atoms with Crippen LogP contribution in [0.5, 0.6) is 0 Å². The molecule has 7 N–H and O–H groups in total. The highest BCUT2D eigenvalue weighted by Crippen LogP contribution is 2.29. The van der Waals surface area contributed by atoms with Crippen molar-refractivity contribution >= 4 is 0 Å². The van der Waals surface area contributed by atoms with Crippen LogP contribution in [-0.4, -0.2) is 117 Å². The number of aliphatic hydroxyl groups is 7. The van der Waals surface area contributed by atoms with E-state index in [0.29, 0.717) is 6.61 Å². The van der Waals surface area contributed by atoms with Crippen molar-refractivity contribution in [3.8, 4) is 0 Å². The van der Waals surface area contributed by atoms with Gasteiger partial charge >= 0.3 is 0 Å². The van der Waals surface area contributed by atoms with Crippen LogP contribution in [0.15, 0.2) is 0 Å². The molecule has 0 radical (unpaired) electrons. The Morgan fingerprint density at radius 2 is 1.09 bits per heavy atom. The Bertz CT molecular complexity index is 550. The molecule has 2 aliphatic heterocycles. The standard InChI is InChI=1S/C24H46O11/c1-2-3-4-5-6-7-8-9-10-11-12-32-23-21(31)19(29)22(16(14-26)34-23)35-24-20(30)18(28)17(27)15(13-25)33-24/h15-31H,2-14H2,1H3/t15?,16?,17-,18-,19+,20?,21?,22-,23-,24-/m1/s1. The first-order valence-corrected chi connectivity index (χ1v) is 13.1. The topological polar surface area (TPSA) is 179 Å². The molecule has 0 amide bonds. The van der Waals surface area contributed by atoms with Crippen molar-refractivity contribution in [3.63, 3.8) is 0 Å². The van der Waals surface area contributed by atoms with Crippen LogP contribution in [0.1, 0.15) is 71.1 Å². The van der Waals surface area contributed by atoms with Gasteiger partial charge in [-0.3, -0.25) is 0 Å². The second-order valence-electron chi connectivity index (χ2n) is 9.56. The predicted octanol–water partition coefficient (Wildman–Crippen LogP) is -0.452. The van der Waals surface area contributed by atoms with Gasteiger partial charge in [-0.2, -0.15) is 0 Å². The number of rotatable bonds is 16. The second kappa shape index (κ2) is 16.4. The molecule has 0 aliphatic carbocycles. The zero-order chi connectivity index (χ0) is 25.8. The van der Waals surface area contributed by atoms with Crippen LogP contribution in [0, 0.1) is 0 Å². The maximum atomic E-state index is 10.6. The highest BCUT2D eigenvalue weighted by atomic mass is 16.7. The molecule has 0 aromatic carbocycles. The molecule has 2 fully saturated rings.